The third kappa shape index (κ3) is 4.76. The summed E-state index contributed by atoms with van der Waals surface area (Å²) in [6.45, 7) is 4.36. The van der Waals surface area contributed by atoms with Crippen LogP contribution in [-0.2, 0) is 0 Å². The Hall–Kier alpha value is -2.19. The van der Waals surface area contributed by atoms with Crippen LogP contribution < -0.4 is 24.8 Å². The quantitative estimate of drug-likeness (QED) is 0.489. The highest BCUT2D eigenvalue weighted by molar-refractivity contribution is 6.34. The Morgan fingerprint density at radius 1 is 1.12 bits per heavy atom. The van der Waals surface area contributed by atoms with E-state index >= 15 is 0 Å². The smallest absolute Gasteiger partial charge is 0.231 e. The number of halogens is 3. The van der Waals surface area contributed by atoms with Gasteiger partial charge in [-0.15, -0.1) is 24.8 Å². The molecule has 2 aromatic carbocycles. The van der Waals surface area contributed by atoms with E-state index in [1.54, 1.807) is 12.1 Å². The lowest BCUT2D eigenvalue weighted by Gasteiger charge is -2.29. The molecule has 32 heavy (non-hydrogen) atoms. The number of anilines is 2. The summed E-state index contributed by atoms with van der Waals surface area (Å²) in [5.74, 6) is 3.10. The molecule has 0 spiro atoms. The molecule has 0 amide bonds. The Labute approximate surface area is 204 Å². The fourth-order valence-electron chi connectivity index (χ4n) is 4.06. The highest BCUT2D eigenvalue weighted by Crippen LogP contribution is 2.45. The van der Waals surface area contributed by atoms with Gasteiger partial charge in [-0.05, 0) is 63.0 Å². The zero-order chi connectivity index (χ0) is 20.5. The van der Waals surface area contributed by atoms with E-state index in [9.17, 15) is 0 Å². The van der Waals surface area contributed by atoms with Gasteiger partial charge >= 0.3 is 0 Å². The van der Waals surface area contributed by atoms with Crippen LogP contribution in [-0.4, -0.2) is 36.0 Å². The lowest BCUT2D eigenvalue weighted by Crippen LogP contribution is -2.35. The van der Waals surface area contributed by atoms with Gasteiger partial charge in [-0.25, -0.2) is 9.97 Å². The minimum atomic E-state index is 0. The molecule has 2 aliphatic heterocycles. The molecule has 2 N–H and O–H groups in total. The second kappa shape index (κ2) is 10.6. The maximum Gasteiger partial charge on any atom is 0.231 e. The maximum atomic E-state index is 6.46. The van der Waals surface area contributed by atoms with Gasteiger partial charge in [0.15, 0.2) is 11.5 Å². The van der Waals surface area contributed by atoms with Gasteiger partial charge in [0.25, 0.3) is 0 Å². The van der Waals surface area contributed by atoms with E-state index in [1.165, 1.54) is 6.33 Å². The highest BCUT2D eigenvalue weighted by atomic mass is 35.5. The van der Waals surface area contributed by atoms with E-state index in [2.05, 4.69) is 27.5 Å². The van der Waals surface area contributed by atoms with Crippen molar-refractivity contribution in [2.24, 2.45) is 5.92 Å². The monoisotopic (exact) mass is 498 g/mol. The lowest BCUT2D eigenvalue weighted by molar-refractivity contribution is 0.130. The van der Waals surface area contributed by atoms with Gasteiger partial charge in [-0.3, -0.25) is 0 Å². The number of piperidine rings is 1. The van der Waals surface area contributed by atoms with Crippen LogP contribution in [0.2, 0.25) is 5.02 Å². The number of ether oxygens (including phenoxy) is 3. The van der Waals surface area contributed by atoms with Crippen LogP contribution in [0, 0.1) is 5.92 Å². The van der Waals surface area contributed by atoms with E-state index < -0.39 is 0 Å². The minimum Gasteiger partial charge on any atom is -0.490 e. The van der Waals surface area contributed by atoms with Crippen molar-refractivity contribution in [2.75, 3.05) is 25.2 Å². The van der Waals surface area contributed by atoms with Gasteiger partial charge in [0.2, 0.25) is 6.79 Å². The normalized spacial score (nSPS) is 16.1. The number of hydrogen-bond acceptors (Lipinski definition) is 7. The van der Waals surface area contributed by atoms with Crippen molar-refractivity contribution in [2.45, 2.75) is 25.9 Å². The average Bonchev–Trinajstić information content (AvgIpc) is 3.25. The topological polar surface area (TPSA) is 77.5 Å². The number of rotatable bonds is 5. The van der Waals surface area contributed by atoms with Crippen LogP contribution in [0.25, 0.3) is 10.9 Å². The van der Waals surface area contributed by atoms with E-state index in [-0.39, 0.29) is 37.7 Å². The van der Waals surface area contributed by atoms with Gasteiger partial charge in [-0.2, -0.15) is 0 Å². The summed E-state index contributed by atoms with van der Waals surface area (Å²) in [6, 6.07) is 9.43. The SMILES string of the molecule is CC(Oc1cccc2ncnc(Nc3c(Cl)ccc4c3OCO4)c12)C1CCNCC1.Cl.Cl. The first-order valence-electron chi connectivity index (χ1n) is 10.2. The first kappa shape index (κ1) is 24.5. The number of nitrogens with zero attached hydrogens (tertiary/aromatic N) is 2. The largest absolute Gasteiger partial charge is 0.490 e. The fraction of sp³-hybridized carbons (Fsp3) is 0.364. The Bertz CT molecular complexity index is 1070. The molecule has 10 heteroatoms. The van der Waals surface area contributed by atoms with Crippen molar-refractivity contribution < 1.29 is 14.2 Å². The van der Waals surface area contributed by atoms with Crippen LogP contribution in [0.1, 0.15) is 19.8 Å². The molecule has 7 nitrogen and oxygen atoms in total. The number of nitrogens with one attached hydrogen (secondary N) is 2. The molecule has 1 aromatic heterocycles. The Balaban J connectivity index is 0.00000144. The molecule has 3 aromatic rings. The first-order valence-corrected chi connectivity index (χ1v) is 10.5. The molecule has 172 valence electrons. The molecule has 1 unspecified atom stereocenters. The van der Waals surface area contributed by atoms with E-state index in [1.807, 2.05) is 18.2 Å². The van der Waals surface area contributed by atoms with Gasteiger partial charge in [0.1, 0.15) is 23.6 Å². The summed E-state index contributed by atoms with van der Waals surface area (Å²) in [7, 11) is 0. The lowest BCUT2D eigenvalue weighted by atomic mass is 9.93. The molecule has 0 saturated carbocycles. The zero-order valence-electron chi connectivity index (χ0n) is 17.5. The van der Waals surface area contributed by atoms with E-state index in [4.69, 9.17) is 25.8 Å². The number of fused-ring (bicyclic) bond motifs is 2. The minimum absolute atomic E-state index is 0. The average molecular weight is 500 g/mol. The predicted octanol–water partition coefficient (Wildman–Crippen LogP) is 5.37. The summed E-state index contributed by atoms with van der Waals surface area (Å²) in [5.41, 5.74) is 1.41. The fourth-order valence-corrected chi connectivity index (χ4v) is 4.26. The van der Waals surface area contributed by atoms with Gasteiger partial charge < -0.3 is 24.8 Å². The van der Waals surface area contributed by atoms with Crippen LogP contribution in [0.4, 0.5) is 11.5 Å². The summed E-state index contributed by atoms with van der Waals surface area (Å²) < 4.78 is 17.5. The van der Waals surface area contributed by atoms with E-state index in [0.717, 1.165) is 42.6 Å². The summed E-state index contributed by atoms with van der Waals surface area (Å²) in [4.78, 5) is 8.91. The number of benzene rings is 2. The molecular weight excluding hydrogens is 475 g/mol. The highest BCUT2D eigenvalue weighted by Gasteiger charge is 2.24. The zero-order valence-corrected chi connectivity index (χ0v) is 19.9. The van der Waals surface area contributed by atoms with Crippen molar-refractivity contribution in [1.82, 2.24) is 15.3 Å². The number of hydrogen-bond donors (Lipinski definition) is 2. The molecule has 1 saturated heterocycles. The molecule has 3 heterocycles. The van der Waals surface area contributed by atoms with Crippen molar-refractivity contribution in [3.05, 3.63) is 41.7 Å². The predicted molar refractivity (Wildman–Crippen MR) is 131 cm³/mol. The van der Waals surface area contributed by atoms with Crippen LogP contribution >= 0.6 is 36.4 Å². The molecule has 0 bridgehead atoms. The van der Waals surface area contributed by atoms with Crippen molar-refractivity contribution in [3.63, 3.8) is 0 Å². The van der Waals surface area contributed by atoms with Crippen LogP contribution in [0.3, 0.4) is 0 Å². The molecule has 0 radical (unpaired) electrons. The third-order valence-corrected chi connectivity index (χ3v) is 6.03. The number of aromatic nitrogens is 2. The van der Waals surface area contributed by atoms with Crippen LogP contribution in [0.15, 0.2) is 36.7 Å². The molecule has 1 fully saturated rings. The molecule has 0 aliphatic carbocycles. The Morgan fingerprint density at radius 2 is 1.94 bits per heavy atom. The van der Waals surface area contributed by atoms with Crippen molar-refractivity contribution in [3.8, 4) is 17.2 Å². The first-order chi connectivity index (χ1) is 14.7. The Morgan fingerprint density at radius 3 is 2.75 bits per heavy atom. The maximum absolute atomic E-state index is 6.46. The molecular formula is C22H25Cl3N4O3. The summed E-state index contributed by atoms with van der Waals surface area (Å²) >= 11 is 6.46. The molecule has 5 rings (SSSR count). The van der Waals surface area contributed by atoms with Crippen molar-refractivity contribution >= 4 is 58.8 Å². The molecule has 1 atom stereocenters. The third-order valence-electron chi connectivity index (χ3n) is 5.72. The molecule has 2 aliphatic rings. The Kier molecular flexibility index (Phi) is 8.11. The van der Waals surface area contributed by atoms with Crippen LogP contribution in [0.5, 0.6) is 17.2 Å². The van der Waals surface area contributed by atoms with Gasteiger partial charge in [0, 0.05) is 0 Å². The second-order valence-electron chi connectivity index (χ2n) is 7.56. The second-order valence-corrected chi connectivity index (χ2v) is 7.97. The van der Waals surface area contributed by atoms with Gasteiger partial charge in [0.05, 0.1) is 22.0 Å². The summed E-state index contributed by atoms with van der Waals surface area (Å²) in [6.07, 6.45) is 3.83. The standard InChI is InChI=1S/C22H23ClN4O3.2ClH/c1-13(14-7-9-24-10-8-14)30-17-4-2-3-16-19(17)22(26-11-25-16)27-20-15(23)5-6-18-21(20)29-12-28-18;;/h2-6,11,13-14,24H,7-10,12H2,1H3,(H,25,26,27);2*1H. The van der Waals surface area contributed by atoms with Gasteiger partial charge in [-0.1, -0.05) is 17.7 Å². The van der Waals surface area contributed by atoms with Crippen molar-refractivity contribution in [1.29, 1.82) is 0 Å². The summed E-state index contributed by atoms with van der Waals surface area (Å²) in [5, 5.41) is 8.07. The van der Waals surface area contributed by atoms with E-state index in [0.29, 0.717) is 33.9 Å².